The summed E-state index contributed by atoms with van der Waals surface area (Å²) in [6.45, 7) is 5.89. The molecule has 1 aliphatic heterocycles. The van der Waals surface area contributed by atoms with Crippen molar-refractivity contribution in [3.05, 3.63) is 41.7 Å². The molecular weight excluding hydrogens is 298 g/mol. The van der Waals surface area contributed by atoms with E-state index in [2.05, 4.69) is 27.1 Å². The first-order valence-electron chi connectivity index (χ1n) is 7.84. The van der Waals surface area contributed by atoms with Crippen LogP contribution in [0.2, 0.25) is 0 Å². The van der Waals surface area contributed by atoms with Crippen LogP contribution in [0.5, 0.6) is 0 Å². The Morgan fingerprint density at radius 3 is 2.43 bits per heavy atom. The van der Waals surface area contributed by atoms with E-state index in [1.54, 1.807) is 13.0 Å². The van der Waals surface area contributed by atoms with Crippen molar-refractivity contribution in [2.24, 2.45) is 5.92 Å². The van der Waals surface area contributed by atoms with Gasteiger partial charge in [0.2, 0.25) is 0 Å². The van der Waals surface area contributed by atoms with Crippen LogP contribution in [0.25, 0.3) is 0 Å². The molecule has 6 heteroatoms. The molecule has 1 aromatic carbocycles. The van der Waals surface area contributed by atoms with Crippen molar-refractivity contribution in [3.8, 4) is 0 Å². The molecule has 4 nitrogen and oxygen atoms in total. The van der Waals surface area contributed by atoms with E-state index in [1.165, 1.54) is 18.2 Å². The predicted octanol–water partition coefficient (Wildman–Crippen LogP) is 4.04. The molecule has 0 amide bonds. The number of aryl methyl sites for hydroxylation is 1. The molecular formula is C17H20F2N4. The number of benzene rings is 1. The van der Waals surface area contributed by atoms with Crippen LogP contribution in [0.4, 0.5) is 26.1 Å². The van der Waals surface area contributed by atoms with E-state index in [0.29, 0.717) is 11.6 Å². The van der Waals surface area contributed by atoms with Gasteiger partial charge in [0.05, 0.1) is 0 Å². The Bertz CT molecular complexity index is 677. The minimum Gasteiger partial charge on any atom is -0.356 e. The minimum atomic E-state index is -0.644. The average Bonchev–Trinajstić information content (AvgIpc) is 2.51. The van der Waals surface area contributed by atoms with Crippen LogP contribution in [0.15, 0.2) is 24.3 Å². The number of hydrogen-bond acceptors (Lipinski definition) is 4. The molecule has 0 radical (unpaired) electrons. The van der Waals surface area contributed by atoms with Crippen LogP contribution in [0.1, 0.15) is 25.6 Å². The Kier molecular flexibility index (Phi) is 4.41. The summed E-state index contributed by atoms with van der Waals surface area (Å²) in [6.07, 6.45) is 2.24. The van der Waals surface area contributed by atoms with Gasteiger partial charge in [-0.15, -0.1) is 0 Å². The molecule has 122 valence electrons. The fourth-order valence-electron chi connectivity index (χ4n) is 2.76. The molecule has 3 rings (SSSR count). The lowest BCUT2D eigenvalue weighted by Crippen LogP contribution is -2.33. The molecule has 0 atom stereocenters. The average molecular weight is 318 g/mol. The standard InChI is InChI=1S/C17H20F2N4/c1-11-6-8-23(9-7-11)16-10-15(20-12(2)21-16)22-17-13(18)4-3-5-14(17)19/h3-5,10-11H,6-9H2,1-2H3,(H,20,21,22). The topological polar surface area (TPSA) is 41.1 Å². The van der Waals surface area contributed by atoms with Crippen LogP contribution in [-0.4, -0.2) is 23.1 Å². The first-order chi connectivity index (χ1) is 11.0. The van der Waals surface area contributed by atoms with Crippen molar-refractivity contribution in [1.29, 1.82) is 0 Å². The Hall–Kier alpha value is -2.24. The van der Waals surface area contributed by atoms with Gasteiger partial charge in [-0.3, -0.25) is 0 Å². The molecule has 1 fully saturated rings. The summed E-state index contributed by atoms with van der Waals surface area (Å²) in [7, 11) is 0. The summed E-state index contributed by atoms with van der Waals surface area (Å²) in [6, 6.07) is 5.51. The van der Waals surface area contributed by atoms with Gasteiger partial charge in [-0.25, -0.2) is 18.7 Å². The number of nitrogens with one attached hydrogen (secondary N) is 1. The molecule has 0 spiro atoms. The summed E-state index contributed by atoms with van der Waals surface area (Å²) >= 11 is 0. The zero-order valence-corrected chi connectivity index (χ0v) is 13.3. The molecule has 1 N–H and O–H groups in total. The molecule has 23 heavy (non-hydrogen) atoms. The molecule has 0 unspecified atom stereocenters. The maximum Gasteiger partial charge on any atom is 0.149 e. The third kappa shape index (κ3) is 3.57. The molecule has 1 aliphatic rings. The normalized spacial score (nSPS) is 15.7. The van der Waals surface area contributed by atoms with Gasteiger partial charge < -0.3 is 10.2 Å². The van der Waals surface area contributed by atoms with E-state index in [4.69, 9.17) is 0 Å². The monoisotopic (exact) mass is 318 g/mol. The first kappa shape index (κ1) is 15.6. The molecule has 2 heterocycles. The van der Waals surface area contributed by atoms with Crippen molar-refractivity contribution in [2.45, 2.75) is 26.7 Å². The molecule has 0 bridgehead atoms. The van der Waals surface area contributed by atoms with Crippen LogP contribution >= 0.6 is 0 Å². The highest BCUT2D eigenvalue weighted by atomic mass is 19.1. The number of rotatable bonds is 3. The van der Waals surface area contributed by atoms with E-state index in [9.17, 15) is 8.78 Å². The van der Waals surface area contributed by atoms with Gasteiger partial charge in [0.15, 0.2) is 0 Å². The summed E-state index contributed by atoms with van der Waals surface area (Å²) < 4.78 is 27.6. The fourth-order valence-corrected chi connectivity index (χ4v) is 2.76. The maximum atomic E-state index is 13.8. The molecule has 1 saturated heterocycles. The van der Waals surface area contributed by atoms with E-state index in [1.807, 2.05) is 0 Å². The lowest BCUT2D eigenvalue weighted by molar-refractivity contribution is 0.436. The van der Waals surface area contributed by atoms with Crippen LogP contribution < -0.4 is 10.2 Å². The van der Waals surface area contributed by atoms with Crippen molar-refractivity contribution >= 4 is 17.3 Å². The number of anilines is 3. The van der Waals surface area contributed by atoms with Gasteiger partial charge in [-0.1, -0.05) is 13.0 Å². The van der Waals surface area contributed by atoms with Crippen LogP contribution in [-0.2, 0) is 0 Å². The SMILES string of the molecule is Cc1nc(Nc2c(F)cccc2F)cc(N2CCC(C)CC2)n1. The van der Waals surface area contributed by atoms with E-state index < -0.39 is 11.6 Å². The van der Waals surface area contributed by atoms with Gasteiger partial charge in [0.1, 0.15) is 34.8 Å². The third-order valence-electron chi connectivity index (χ3n) is 4.15. The molecule has 1 aromatic heterocycles. The van der Waals surface area contributed by atoms with E-state index in [-0.39, 0.29) is 5.69 Å². The minimum absolute atomic E-state index is 0.191. The molecule has 0 saturated carbocycles. The highest BCUT2D eigenvalue weighted by molar-refractivity contribution is 5.60. The third-order valence-corrected chi connectivity index (χ3v) is 4.15. The highest BCUT2D eigenvalue weighted by Gasteiger charge is 2.18. The summed E-state index contributed by atoms with van der Waals surface area (Å²) in [5, 5.41) is 2.74. The van der Waals surface area contributed by atoms with Crippen molar-refractivity contribution in [3.63, 3.8) is 0 Å². The lowest BCUT2D eigenvalue weighted by Gasteiger charge is -2.31. The Balaban J connectivity index is 1.86. The number of aromatic nitrogens is 2. The lowest BCUT2D eigenvalue weighted by atomic mass is 9.99. The second kappa shape index (κ2) is 6.48. The summed E-state index contributed by atoms with van der Waals surface area (Å²) in [5.74, 6) is 1.20. The molecule has 2 aromatic rings. The fraction of sp³-hybridized carbons (Fsp3) is 0.412. The van der Waals surface area contributed by atoms with E-state index in [0.717, 1.165) is 37.7 Å². The van der Waals surface area contributed by atoms with Gasteiger partial charge in [0, 0.05) is 19.2 Å². The van der Waals surface area contributed by atoms with Gasteiger partial charge >= 0.3 is 0 Å². The number of nitrogens with zero attached hydrogens (tertiary/aromatic N) is 3. The maximum absolute atomic E-state index is 13.8. The number of hydrogen-bond donors (Lipinski definition) is 1. The van der Waals surface area contributed by atoms with Crippen molar-refractivity contribution in [2.75, 3.05) is 23.3 Å². The van der Waals surface area contributed by atoms with Crippen LogP contribution in [0.3, 0.4) is 0 Å². The zero-order chi connectivity index (χ0) is 16.4. The summed E-state index contributed by atoms with van der Waals surface area (Å²) in [5.41, 5.74) is -0.191. The van der Waals surface area contributed by atoms with Crippen LogP contribution in [0, 0.1) is 24.5 Å². The summed E-state index contributed by atoms with van der Waals surface area (Å²) in [4.78, 5) is 10.9. The smallest absolute Gasteiger partial charge is 0.149 e. The quantitative estimate of drug-likeness (QED) is 0.927. The largest absolute Gasteiger partial charge is 0.356 e. The number of piperidine rings is 1. The first-order valence-corrected chi connectivity index (χ1v) is 7.84. The highest BCUT2D eigenvalue weighted by Crippen LogP contribution is 2.26. The van der Waals surface area contributed by atoms with Crippen molar-refractivity contribution < 1.29 is 8.78 Å². The van der Waals surface area contributed by atoms with Gasteiger partial charge in [-0.05, 0) is 37.8 Å². The Labute approximate surface area is 134 Å². The van der Waals surface area contributed by atoms with Gasteiger partial charge in [-0.2, -0.15) is 0 Å². The predicted molar refractivity (Wildman–Crippen MR) is 87.0 cm³/mol. The second-order valence-corrected chi connectivity index (χ2v) is 6.05. The second-order valence-electron chi connectivity index (χ2n) is 6.05. The van der Waals surface area contributed by atoms with Gasteiger partial charge in [0.25, 0.3) is 0 Å². The number of para-hydroxylation sites is 1. The Morgan fingerprint density at radius 2 is 1.78 bits per heavy atom. The zero-order valence-electron chi connectivity index (χ0n) is 13.3. The number of halogens is 2. The van der Waals surface area contributed by atoms with E-state index >= 15 is 0 Å². The Morgan fingerprint density at radius 1 is 1.13 bits per heavy atom. The molecule has 0 aliphatic carbocycles. The van der Waals surface area contributed by atoms with Crippen molar-refractivity contribution in [1.82, 2.24) is 9.97 Å².